The molecule has 2 aromatic heterocycles. The van der Waals surface area contributed by atoms with E-state index in [1.165, 1.54) is 32.1 Å². The molecule has 1 N–H and O–H groups in total. The van der Waals surface area contributed by atoms with Crippen LogP contribution < -0.4 is 5.32 Å². The fraction of sp³-hybridized carbons (Fsp3) is 0.640. The second-order valence-corrected chi connectivity index (χ2v) is 10.9. The zero-order valence-electron chi connectivity index (χ0n) is 18.8. The van der Waals surface area contributed by atoms with Crippen LogP contribution in [0.15, 0.2) is 24.4 Å². The Balaban J connectivity index is 1.16. The standard InChI is InChI=1S/C25H32N4O3/c1-17-11-24(13-18-14-25(18,12-17)15-24)16-26-23(31)20-3-2-4-29-21(20)9-19(27-29)10-22(30)28-5-7-32-8-6-28/h2-4,9,17-18H,5-8,10-16H2,1H3,(H,26,31). The van der Waals surface area contributed by atoms with Crippen molar-refractivity contribution < 1.29 is 14.3 Å². The average Bonchev–Trinajstić information content (AvgIpc) is 3.13. The first-order valence-corrected chi connectivity index (χ1v) is 12.1. The van der Waals surface area contributed by atoms with E-state index in [2.05, 4.69) is 17.3 Å². The van der Waals surface area contributed by atoms with E-state index in [-0.39, 0.29) is 23.7 Å². The molecular formula is C25H32N4O3. The van der Waals surface area contributed by atoms with Gasteiger partial charge in [-0.15, -0.1) is 0 Å². The zero-order valence-corrected chi connectivity index (χ0v) is 18.8. The van der Waals surface area contributed by atoms with Gasteiger partial charge in [-0.1, -0.05) is 6.92 Å². The van der Waals surface area contributed by atoms with Crippen molar-refractivity contribution in [1.29, 1.82) is 0 Å². The third-order valence-corrected chi connectivity index (χ3v) is 8.42. The Bertz CT molecular complexity index is 1070. The number of ether oxygens (including phenoxy) is 1. The number of rotatable bonds is 5. The normalized spacial score (nSPS) is 33.2. The van der Waals surface area contributed by atoms with Gasteiger partial charge in [-0.3, -0.25) is 9.59 Å². The number of hydrogen-bond acceptors (Lipinski definition) is 4. The minimum Gasteiger partial charge on any atom is -0.378 e. The predicted octanol–water partition coefficient (Wildman–Crippen LogP) is 2.68. The van der Waals surface area contributed by atoms with Gasteiger partial charge in [0.15, 0.2) is 0 Å². The molecule has 3 saturated carbocycles. The van der Waals surface area contributed by atoms with Crippen molar-refractivity contribution in [2.75, 3.05) is 32.8 Å². The first kappa shape index (κ1) is 20.2. The van der Waals surface area contributed by atoms with Crippen LogP contribution in [0.3, 0.4) is 0 Å². The number of morpholine rings is 1. The van der Waals surface area contributed by atoms with E-state index in [0.717, 1.165) is 23.9 Å². The molecule has 1 spiro atoms. The summed E-state index contributed by atoms with van der Waals surface area (Å²) in [7, 11) is 0. The second-order valence-electron chi connectivity index (χ2n) is 10.9. The average molecular weight is 437 g/mol. The number of nitrogens with one attached hydrogen (secondary N) is 1. The summed E-state index contributed by atoms with van der Waals surface area (Å²) in [6.45, 7) is 5.58. The molecular weight excluding hydrogens is 404 g/mol. The molecule has 6 rings (SSSR count). The molecule has 7 nitrogen and oxygen atoms in total. The molecule has 0 radical (unpaired) electrons. The summed E-state index contributed by atoms with van der Waals surface area (Å²) < 4.78 is 7.05. The summed E-state index contributed by atoms with van der Waals surface area (Å²) in [6, 6.07) is 5.59. The first-order valence-electron chi connectivity index (χ1n) is 12.1. The van der Waals surface area contributed by atoms with E-state index >= 15 is 0 Å². The number of carbonyl (C=O) groups is 2. The quantitative estimate of drug-likeness (QED) is 0.782. The van der Waals surface area contributed by atoms with Crippen molar-refractivity contribution >= 4 is 17.3 Å². The van der Waals surface area contributed by atoms with Crippen molar-refractivity contribution in [3.05, 3.63) is 35.7 Å². The van der Waals surface area contributed by atoms with Crippen molar-refractivity contribution in [3.63, 3.8) is 0 Å². The van der Waals surface area contributed by atoms with E-state index in [1.807, 2.05) is 29.3 Å². The van der Waals surface area contributed by atoms with Gasteiger partial charge in [0.05, 0.1) is 36.4 Å². The van der Waals surface area contributed by atoms with Gasteiger partial charge >= 0.3 is 0 Å². The van der Waals surface area contributed by atoms with Crippen molar-refractivity contribution in [2.24, 2.45) is 22.7 Å². The Morgan fingerprint density at radius 1 is 1.22 bits per heavy atom. The summed E-state index contributed by atoms with van der Waals surface area (Å²) >= 11 is 0. The number of carbonyl (C=O) groups excluding carboxylic acids is 2. The predicted molar refractivity (Wildman–Crippen MR) is 119 cm³/mol. The van der Waals surface area contributed by atoms with Crippen LogP contribution in [0.1, 0.15) is 55.1 Å². The highest BCUT2D eigenvalue weighted by Gasteiger charge is 2.67. The Kier molecular flexibility index (Phi) is 4.61. The van der Waals surface area contributed by atoms with Gasteiger partial charge in [-0.05, 0) is 73.0 Å². The van der Waals surface area contributed by atoms with E-state index < -0.39 is 0 Å². The molecule has 2 aromatic rings. The molecule has 4 aliphatic rings. The largest absolute Gasteiger partial charge is 0.378 e. The van der Waals surface area contributed by atoms with E-state index in [9.17, 15) is 9.59 Å². The lowest BCUT2D eigenvalue weighted by Crippen LogP contribution is -2.41. The number of hydrogen-bond donors (Lipinski definition) is 1. The number of aromatic nitrogens is 2. The Labute approximate surface area is 188 Å². The fourth-order valence-electron chi connectivity index (χ4n) is 7.26. The van der Waals surface area contributed by atoms with Crippen molar-refractivity contribution in [2.45, 2.75) is 45.4 Å². The second kappa shape index (κ2) is 7.30. The van der Waals surface area contributed by atoms with Crippen LogP contribution in [-0.2, 0) is 16.0 Å². The van der Waals surface area contributed by atoms with E-state index in [0.29, 0.717) is 43.0 Å². The Hall–Kier alpha value is -2.41. The van der Waals surface area contributed by atoms with E-state index in [1.54, 1.807) is 4.52 Å². The summed E-state index contributed by atoms with van der Waals surface area (Å²) in [6.07, 6.45) is 8.68. The highest BCUT2D eigenvalue weighted by Crippen LogP contribution is 2.75. The molecule has 170 valence electrons. The van der Waals surface area contributed by atoms with Gasteiger partial charge < -0.3 is 15.0 Å². The van der Waals surface area contributed by atoms with E-state index in [4.69, 9.17) is 4.74 Å². The molecule has 4 atom stereocenters. The monoisotopic (exact) mass is 436 g/mol. The molecule has 3 heterocycles. The minimum atomic E-state index is -0.0382. The highest BCUT2D eigenvalue weighted by atomic mass is 16.5. The van der Waals surface area contributed by atoms with Crippen LogP contribution >= 0.6 is 0 Å². The van der Waals surface area contributed by atoms with Crippen LogP contribution in [-0.4, -0.2) is 59.2 Å². The lowest BCUT2D eigenvalue weighted by Gasteiger charge is -2.40. The number of fused-ring (bicyclic) bond motifs is 2. The number of nitrogens with zero attached hydrogens (tertiary/aromatic N) is 3. The van der Waals surface area contributed by atoms with Crippen LogP contribution in [0.4, 0.5) is 0 Å². The molecule has 2 amide bonds. The summed E-state index contributed by atoms with van der Waals surface area (Å²) in [5, 5.41) is 7.83. The highest BCUT2D eigenvalue weighted by molar-refractivity contribution is 6.00. The third-order valence-electron chi connectivity index (χ3n) is 8.42. The van der Waals surface area contributed by atoms with Crippen LogP contribution in [0.2, 0.25) is 0 Å². The van der Waals surface area contributed by atoms with Gasteiger partial charge in [-0.25, -0.2) is 4.52 Å². The lowest BCUT2D eigenvalue weighted by atomic mass is 9.67. The molecule has 32 heavy (non-hydrogen) atoms. The van der Waals surface area contributed by atoms with Gasteiger partial charge in [0.1, 0.15) is 0 Å². The van der Waals surface area contributed by atoms with Crippen LogP contribution in [0.25, 0.3) is 5.52 Å². The number of amides is 2. The van der Waals surface area contributed by atoms with Crippen LogP contribution in [0.5, 0.6) is 0 Å². The molecule has 4 fully saturated rings. The Morgan fingerprint density at radius 2 is 2.06 bits per heavy atom. The smallest absolute Gasteiger partial charge is 0.253 e. The van der Waals surface area contributed by atoms with Crippen molar-refractivity contribution in [1.82, 2.24) is 19.8 Å². The molecule has 1 aliphatic heterocycles. The van der Waals surface area contributed by atoms with Gasteiger partial charge in [0, 0.05) is 25.8 Å². The maximum Gasteiger partial charge on any atom is 0.253 e. The molecule has 4 unspecified atom stereocenters. The van der Waals surface area contributed by atoms with Gasteiger partial charge in [-0.2, -0.15) is 5.10 Å². The lowest BCUT2D eigenvalue weighted by molar-refractivity contribution is -0.134. The maximum absolute atomic E-state index is 13.2. The SMILES string of the molecule is CC1CC2(CNC(=O)c3cccn4nc(CC(=O)N5CCOCC5)cc34)CC3CC3(C1)C2. The zero-order chi connectivity index (χ0) is 21.9. The molecule has 1 saturated heterocycles. The molecule has 0 aromatic carbocycles. The molecule has 2 bridgehead atoms. The van der Waals surface area contributed by atoms with Gasteiger partial charge in [0.25, 0.3) is 5.91 Å². The molecule has 3 aliphatic carbocycles. The third kappa shape index (κ3) is 3.41. The van der Waals surface area contributed by atoms with Crippen molar-refractivity contribution in [3.8, 4) is 0 Å². The topological polar surface area (TPSA) is 75.9 Å². The minimum absolute atomic E-state index is 0.0382. The summed E-state index contributed by atoms with van der Waals surface area (Å²) in [5.41, 5.74) is 2.98. The first-order chi connectivity index (χ1) is 15.5. The maximum atomic E-state index is 13.2. The Morgan fingerprint density at radius 3 is 2.91 bits per heavy atom. The number of pyridine rings is 1. The fourth-order valence-corrected chi connectivity index (χ4v) is 7.26. The molecule has 7 heteroatoms. The summed E-state index contributed by atoms with van der Waals surface area (Å²) in [5.74, 6) is 1.68. The van der Waals surface area contributed by atoms with Crippen LogP contribution in [0, 0.1) is 22.7 Å². The van der Waals surface area contributed by atoms with Gasteiger partial charge in [0.2, 0.25) is 5.91 Å². The summed E-state index contributed by atoms with van der Waals surface area (Å²) in [4.78, 5) is 27.6.